The van der Waals surface area contributed by atoms with E-state index in [0.717, 1.165) is 18.2 Å². The van der Waals surface area contributed by atoms with E-state index >= 15 is 0 Å². The Morgan fingerprint density at radius 2 is 0.792 bits per heavy atom. The van der Waals surface area contributed by atoms with Gasteiger partial charge in [-0.25, -0.2) is 9.97 Å². The minimum Gasteiger partial charge on any atom is -0.355 e. The van der Waals surface area contributed by atoms with Gasteiger partial charge in [0.15, 0.2) is 0 Å². The van der Waals surface area contributed by atoms with Crippen molar-refractivity contribution in [1.29, 1.82) is 0 Å². The van der Waals surface area contributed by atoms with E-state index in [1.807, 2.05) is 0 Å². The highest BCUT2D eigenvalue weighted by molar-refractivity contribution is 5.98. The molecule has 0 fully saturated rings. The van der Waals surface area contributed by atoms with Crippen LogP contribution in [0.5, 0.6) is 0 Å². The molecule has 16 heteroatoms. The summed E-state index contributed by atoms with van der Waals surface area (Å²) >= 11 is 0. The van der Waals surface area contributed by atoms with E-state index in [2.05, 4.69) is 19.9 Å². The number of aromatic amines is 2. The third kappa shape index (κ3) is 5.97. The minimum atomic E-state index is -5.12. The van der Waals surface area contributed by atoms with E-state index in [9.17, 15) is 52.7 Å². The average molecular weight is 695 g/mol. The van der Waals surface area contributed by atoms with E-state index < -0.39 is 114 Å². The zero-order chi connectivity index (χ0) is 35.7. The van der Waals surface area contributed by atoms with Crippen LogP contribution >= 0.6 is 0 Å². The molecule has 5 rings (SSSR count). The molecule has 2 aliphatic heterocycles. The number of nitrogens with zero attached hydrogens (tertiary/aromatic N) is 2. The normalized spacial score (nSPS) is 14.8. The van der Waals surface area contributed by atoms with Crippen LogP contribution in [0.25, 0.3) is 44.4 Å². The molecule has 2 aliphatic rings. The number of fused-ring (bicyclic) bond motifs is 8. The number of aromatic nitrogens is 4. The summed E-state index contributed by atoms with van der Waals surface area (Å²) in [5.41, 5.74) is -12.6. The summed E-state index contributed by atoms with van der Waals surface area (Å²) in [5, 5.41) is 0. The summed E-state index contributed by atoms with van der Waals surface area (Å²) in [6, 6.07) is 2.88. The van der Waals surface area contributed by atoms with Crippen molar-refractivity contribution in [3.63, 3.8) is 0 Å². The predicted octanol–water partition coefficient (Wildman–Crippen LogP) is 11.2. The van der Waals surface area contributed by atoms with E-state index in [1.54, 1.807) is 0 Å². The highest BCUT2D eigenvalue weighted by Gasteiger charge is 2.44. The van der Waals surface area contributed by atoms with E-state index in [-0.39, 0.29) is 25.7 Å². The number of aryl methyl sites for hydroxylation is 2. The van der Waals surface area contributed by atoms with Crippen LogP contribution in [0.15, 0.2) is 24.3 Å². The van der Waals surface area contributed by atoms with Gasteiger partial charge in [0.05, 0.1) is 56.1 Å². The summed E-state index contributed by atoms with van der Waals surface area (Å²) in [6.45, 7) is 5.22. The van der Waals surface area contributed by atoms with Gasteiger partial charge in [-0.2, -0.15) is 52.7 Å². The zero-order valence-electron chi connectivity index (χ0n) is 25.6. The molecule has 3 aromatic rings. The van der Waals surface area contributed by atoms with Gasteiger partial charge in [-0.15, -0.1) is 0 Å². The van der Waals surface area contributed by atoms with E-state index in [1.165, 1.54) is 27.7 Å². The van der Waals surface area contributed by atoms with Crippen LogP contribution in [-0.2, 0) is 25.2 Å². The topological polar surface area (TPSA) is 57.4 Å². The van der Waals surface area contributed by atoms with Crippen molar-refractivity contribution >= 4 is 44.4 Å². The second-order valence-electron chi connectivity index (χ2n) is 11.1. The molecular formula is C32H26F12N4. The lowest BCUT2D eigenvalue weighted by molar-refractivity contribution is -0.137. The molecule has 0 radical (unpaired) electrons. The predicted molar refractivity (Wildman–Crippen MR) is 156 cm³/mol. The summed E-state index contributed by atoms with van der Waals surface area (Å²) < 4.78 is 174. The molecule has 0 atom stereocenters. The average Bonchev–Trinajstić information content (AvgIpc) is 3.67. The van der Waals surface area contributed by atoms with Gasteiger partial charge >= 0.3 is 24.7 Å². The van der Waals surface area contributed by atoms with Crippen molar-refractivity contribution in [2.24, 2.45) is 0 Å². The molecule has 2 N–H and O–H groups in total. The summed E-state index contributed by atoms with van der Waals surface area (Å²) in [6.07, 6.45) is -21.9. The van der Waals surface area contributed by atoms with E-state index in [0.29, 0.717) is 6.07 Å². The second kappa shape index (κ2) is 11.7. The van der Waals surface area contributed by atoms with Crippen LogP contribution in [-0.4, -0.2) is 32.3 Å². The van der Waals surface area contributed by atoms with Crippen molar-refractivity contribution < 1.29 is 52.7 Å². The molecule has 4 nitrogen and oxygen atoms in total. The third-order valence-corrected chi connectivity index (χ3v) is 8.22. The molecule has 0 aliphatic carbocycles. The molecule has 258 valence electrons. The Morgan fingerprint density at radius 1 is 0.438 bits per heavy atom. The molecule has 0 unspecified atom stereocenters. The lowest BCUT2D eigenvalue weighted by Crippen LogP contribution is -2.11. The molecule has 3 aromatic heterocycles. The van der Waals surface area contributed by atoms with Crippen LogP contribution in [0.3, 0.4) is 0 Å². The van der Waals surface area contributed by atoms with Gasteiger partial charge < -0.3 is 9.97 Å². The number of H-pyrrole nitrogens is 2. The first-order valence-corrected chi connectivity index (χ1v) is 14.7. The van der Waals surface area contributed by atoms with Crippen molar-refractivity contribution in [2.75, 3.05) is 0 Å². The number of hydrogen-bond donors (Lipinski definition) is 2. The molecule has 48 heavy (non-hydrogen) atoms. The van der Waals surface area contributed by atoms with Crippen LogP contribution in [0.4, 0.5) is 52.7 Å². The fourth-order valence-corrected chi connectivity index (χ4v) is 6.42. The molecule has 0 spiro atoms. The lowest BCUT2D eigenvalue weighted by Gasteiger charge is -2.11. The van der Waals surface area contributed by atoms with Crippen molar-refractivity contribution in [2.45, 2.75) is 78.1 Å². The Bertz CT molecular complexity index is 2010. The first-order valence-electron chi connectivity index (χ1n) is 14.7. The Balaban J connectivity index is 2.14. The first-order chi connectivity index (χ1) is 22.1. The highest BCUT2D eigenvalue weighted by Crippen LogP contribution is 2.48. The standard InChI is InChI=1S/C32H26F12N4/c1-5-13-17-9-22-26(30(36,37)38)15(7-3)19(46-22)11-24-28(32(42,43)44)16(8-4)20(48-24)12-23-27(31(39,40)41)14(6-2)18(47-23)10-21(45-17)25(13)29(33,34)35/h9-12,45-46H,5-8H2,1-4H3. The van der Waals surface area contributed by atoms with Gasteiger partial charge in [-0.05, 0) is 72.2 Å². The number of nitrogens with one attached hydrogen (secondary N) is 2. The minimum absolute atomic E-state index is 0.358. The molecule has 0 amide bonds. The van der Waals surface area contributed by atoms with E-state index in [4.69, 9.17) is 0 Å². The van der Waals surface area contributed by atoms with Gasteiger partial charge in [0.1, 0.15) is 0 Å². The maximum absolute atomic E-state index is 14.5. The van der Waals surface area contributed by atoms with Gasteiger partial charge in [-0.1, -0.05) is 27.7 Å². The molecule has 8 bridgehead atoms. The third-order valence-electron chi connectivity index (χ3n) is 8.22. The number of halogens is 12. The fraction of sp³-hybridized carbons (Fsp3) is 0.375. The van der Waals surface area contributed by atoms with Crippen LogP contribution < -0.4 is 0 Å². The van der Waals surface area contributed by atoms with Crippen molar-refractivity contribution in [3.05, 3.63) is 69.3 Å². The number of alkyl halides is 12. The monoisotopic (exact) mass is 694 g/mol. The number of hydrogen-bond acceptors (Lipinski definition) is 2. The van der Waals surface area contributed by atoms with Gasteiger partial charge in [0, 0.05) is 11.0 Å². The summed E-state index contributed by atoms with van der Waals surface area (Å²) in [4.78, 5) is 12.8. The van der Waals surface area contributed by atoms with Crippen LogP contribution in [0, 0.1) is 0 Å². The molecule has 5 heterocycles. The Kier molecular flexibility index (Phi) is 8.57. The van der Waals surface area contributed by atoms with Crippen molar-refractivity contribution in [1.82, 2.24) is 19.9 Å². The van der Waals surface area contributed by atoms with Gasteiger partial charge in [0.25, 0.3) is 0 Å². The summed E-state index contributed by atoms with van der Waals surface area (Å²) in [7, 11) is 0. The zero-order valence-corrected chi connectivity index (χ0v) is 25.6. The SMILES string of the molecule is CCC1=C(C(F)(F)F)c2cc3nc(cc4[nH]c(cc5[nH]c(cc1n2)c(C(F)(F)F)c5CC)c(C(F)(F)F)c4CC)C(C(F)(F)F)=C3CC. The maximum atomic E-state index is 14.5. The maximum Gasteiger partial charge on any atom is 0.418 e. The summed E-state index contributed by atoms with van der Waals surface area (Å²) in [5.74, 6) is 0. The number of allylic oxidation sites excluding steroid dienone is 4. The quantitative estimate of drug-likeness (QED) is 0.267. The lowest BCUT2D eigenvalue weighted by atomic mass is 9.99. The van der Waals surface area contributed by atoms with Gasteiger partial charge in [0.2, 0.25) is 0 Å². The van der Waals surface area contributed by atoms with Crippen molar-refractivity contribution in [3.8, 4) is 0 Å². The first kappa shape index (κ1) is 35.1. The Morgan fingerprint density at radius 3 is 1.17 bits per heavy atom. The Hall–Kier alpha value is -4.24. The van der Waals surface area contributed by atoms with Crippen LogP contribution in [0.1, 0.15) is 85.6 Å². The molecule has 0 aromatic carbocycles. The van der Waals surface area contributed by atoms with Gasteiger partial charge in [-0.3, -0.25) is 0 Å². The highest BCUT2D eigenvalue weighted by atomic mass is 19.4. The van der Waals surface area contributed by atoms with Crippen LogP contribution in [0.2, 0.25) is 0 Å². The second-order valence-corrected chi connectivity index (χ2v) is 11.1. The smallest absolute Gasteiger partial charge is 0.355 e. The largest absolute Gasteiger partial charge is 0.418 e. The molecular weight excluding hydrogens is 668 g/mol. The molecule has 0 saturated heterocycles. The number of rotatable bonds is 4. The fourth-order valence-electron chi connectivity index (χ4n) is 6.42. The Labute approximate surface area is 264 Å². The molecule has 0 saturated carbocycles.